The number of aryl methyl sites for hydroxylation is 1. The van der Waals surface area contributed by atoms with Crippen molar-refractivity contribution in [2.75, 3.05) is 13.2 Å². The van der Waals surface area contributed by atoms with Gasteiger partial charge in [-0.3, -0.25) is 20.4 Å². The normalized spacial score (nSPS) is 14.9. The Hall–Kier alpha value is -3.22. The number of amides is 2. The van der Waals surface area contributed by atoms with Crippen molar-refractivity contribution in [3.8, 4) is 17.2 Å². The molecule has 2 amide bonds. The molecule has 0 aromatic heterocycles. The smallest absolute Gasteiger partial charge is 0.283 e. The number of hydrogen-bond donors (Lipinski definition) is 2. The van der Waals surface area contributed by atoms with E-state index in [9.17, 15) is 9.59 Å². The third-order valence-electron chi connectivity index (χ3n) is 3.93. The summed E-state index contributed by atoms with van der Waals surface area (Å²) >= 11 is 0. The van der Waals surface area contributed by atoms with Crippen molar-refractivity contribution in [3.05, 3.63) is 54.1 Å². The van der Waals surface area contributed by atoms with E-state index in [0.29, 0.717) is 24.5 Å². The van der Waals surface area contributed by atoms with Crippen LogP contribution in [0.15, 0.2) is 48.5 Å². The van der Waals surface area contributed by atoms with Gasteiger partial charge in [0.2, 0.25) is 12.0 Å². The van der Waals surface area contributed by atoms with E-state index in [1.54, 1.807) is 18.2 Å². The largest absolute Gasteiger partial charge is 0.494 e. The summed E-state index contributed by atoms with van der Waals surface area (Å²) in [7, 11) is 0. The highest BCUT2D eigenvalue weighted by Gasteiger charge is 2.27. The van der Waals surface area contributed by atoms with Gasteiger partial charge in [-0.15, -0.1) is 0 Å². The maximum atomic E-state index is 12.1. The highest BCUT2D eigenvalue weighted by Crippen LogP contribution is 2.30. The zero-order chi connectivity index (χ0) is 19.1. The van der Waals surface area contributed by atoms with Gasteiger partial charge in [-0.2, -0.15) is 0 Å². The van der Waals surface area contributed by atoms with E-state index in [1.165, 1.54) is 0 Å². The van der Waals surface area contributed by atoms with Crippen LogP contribution in [0, 0.1) is 6.92 Å². The molecule has 2 aromatic rings. The summed E-state index contributed by atoms with van der Waals surface area (Å²) in [5.41, 5.74) is 5.86. The molecule has 142 valence electrons. The predicted molar refractivity (Wildman–Crippen MR) is 98.5 cm³/mol. The molecule has 1 aliphatic rings. The van der Waals surface area contributed by atoms with E-state index in [0.717, 1.165) is 11.3 Å². The highest BCUT2D eigenvalue weighted by molar-refractivity contribution is 5.85. The molecule has 0 fully saturated rings. The molecule has 0 radical (unpaired) electrons. The number of hydrogen-bond acceptors (Lipinski definition) is 5. The molecule has 1 atom stereocenters. The molecule has 2 aromatic carbocycles. The lowest BCUT2D eigenvalue weighted by molar-refractivity contribution is -0.135. The van der Waals surface area contributed by atoms with Crippen LogP contribution in [0.1, 0.15) is 18.4 Å². The molecule has 0 saturated heterocycles. The van der Waals surface area contributed by atoms with E-state index in [2.05, 4.69) is 10.9 Å². The first-order valence-corrected chi connectivity index (χ1v) is 8.78. The van der Waals surface area contributed by atoms with Crippen LogP contribution in [0.3, 0.4) is 0 Å². The molecular weight excluding hydrogens is 348 g/mol. The van der Waals surface area contributed by atoms with Crippen LogP contribution < -0.4 is 25.1 Å². The van der Waals surface area contributed by atoms with E-state index >= 15 is 0 Å². The molecule has 0 unspecified atom stereocenters. The number of nitrogens with one attached hydrogen (secondary N) is 2. The zero-order valence-corrected chi connectivity index (χ0v) is 15.1. The van der Waals surface area contributed by atoms with E-state index in [-0.39, 0.29) is 18.9 Å². The summed E-state index contributed by atoms with van der Waals surface area (Å²) in [6.07, 6.45) is -0.0481. The number of para-hydroxylation sites is 2. The molecule has 1 aliphatic heterocycles. The van der Waals surface area contributed by atoms with Crippen LogP contribution in [0.5, 0.6) is 17.2 Å². The second-order valence-corrected chi connectivity index (χ2v) is 6.17. The summed E-state index contributed by atoms with van der Waals surface area (Å²) in [4.78, 5) is 23.9. The molecular formula is C20H22N2O5. The van der Waals surface area contributed by atoms with Crippen LogP contribution in [-0.4, -0.2) is 31.1 Å². The van der Waals surface area contributed by atoms with Crippen molar-refractivity contribution in [2.45, 2.75) is 25.9 Å². The topological polar surface area (TPSA) is 85.9 Å². The summed E-state index contributed by atoms with van der Waals surface area (Å²) < 4.78 is 16.6. The van der Waals surface area contributed by atoms with Gasteiger partial charge in [0.15, 0.2) is 11.5 Å². The molecule has 27 heavy (non-hydrogen) atoms. The molecule has 0 aliphatic carbocycles. The Bertz CT molecular complexity index is 808. The van der Waals surface area contributed by atoms with Gasteiger partial charge < -0.3 is 14.2 Å². The number of fused-ring (bicyclic) bond motifs is 1. The number of carbonyl (C=O) groups is 2. The number of hydrazine groups is 1. The number of carbonyl (C=O) groups excluding carboxylic acids is 2. The van der Waals surface area contributed by atoms with Crippen molar-refractivity contribution in [1.82, 2.24) is 10.9 Å². The lowest BCUT2D eigenvalue weighted by atomic mass is 10.2. The average molecular weight is 370 g/mol. The monoisotopic (exact) mass is 370 g/mol. The van der Waals surface area contributed by atoms with Crippen molar-refractivity contribution in [1.29, 1.82) is 0 Å². The molecule has 2 N–H and O–H groups in total. The third kappa shape index (κ3) is 5.37. The Labute approximate surface area is 157 Å². The summed E-state index contributed by atoms with van der Waals surface area (Å²) in [5.74, 6) is 1.11. The average Bonchev–Trinajstić information content (AvgIpc) is 2.69. The Balaban J connectivity index is 1.34. The first-order valence-electron chi connectivity index (χ1n) is 8.78. The first kappa shape index (κ1) is 18.6. The first-order chi connectivity index (χ1) is 13.1. The van der Waals surface area contributed by atoms with Gasteiger partial charge in [-0.25, -0.2) is 0 Å². The minimum absolute atomic E-state index is 0.0864. The second kappa shape index (κ2) is 8.93. The quantitative estimate of drug-likeness (QED) is 0.601. The summed E-state index contributed by atoms with van der Waals surface area (Å²) in [5, 5.41) is 0. The second-order valence-electron chi connectivity index (χ2n) is 6.17. The van der Waals surface area contributed by atoms with Gasteiger partial charge in [0.25, 0.3) is 5.91 Å². The van der Waals surface area contributed by atoms with Crippen LogP contribution in [-0.2, 0) is 9.59 Å². The van der Waals surface area contributed by atoms with Crippen LogP contribution in [0.4, 0.5) is 0 Å². The molecule has 0 bridgehead atoms. The molecule has 0 spiro atoms. The fourth-order valence-electron chi connectivity index (χ4n) is 2.55. The van der Waals surface area contributed by atoms with Crippen LogP contribution in [0.25, 0.3) is 0 Å². The van der Waals surface area contributed by atoms with Crippen molar-refractivity contribution >= 4 is 11.8 Å². The van der Waals surface area contributed by atoms with E-state index < -0.39 is 12.0 Å². The fraction of sp³-hybridized carbons (Fsp3) is 0.300. The minimum Gasteiger partial charge on any atom is -0.494 e. The molecule has 1 heterocycles. The van der Waals surface area contributed by atoms with Gasteiger partial charge in [0, 0.05) is 6.42 Å². The molecule has 7 heteroatoms. The lowest BCUT2D eigenvalue weighted by Gasteiger charge is -2.25. The number of ether oxygens (including phenoxy) is 3. The van der Waals surface area contributed by atoms with Crippen molar-refractivity contribution < 1.29 is 23.8 Å². The molecule has 3 rings (SSSR count). The maximum Gasteiger partial charge on any atom is 0.283 e. The Kier molecular flexibility index (Phi) is 6.14. The summed E-state index contributed by atoms with van der Waals surface area (Å²) in [6.45, 7) is 2.49. The van der Waals surface area contributed by atoms with Gasteiger partial charge in [-0.05, 0) is 43.2 Å². The zero-order valence-electron chi connectivity index (χ0n) is 15.1. The van der Waals surface area contributed by atoms with Crippen LogP contribution >= 0.6 is 0 Å². The Morgan fingerprint density at radius 1 is 1.11 bits per heavy atom. The SMILES string of the molecule is Cc1cccc(OCCCC(=O)NNC(=O)[C@@H]2COc3ccccc3O2)c1. The fourth-order valence-corrected chi connectivity index (χ4v) is 2.55. The lowest BCUT2D eigenvalue weighted by Crippen LogP contribution is -2.50. The van der Waals surface area contributed by atoms with E-state index in [1.807, 2.05) is 37.3 Å². The van der Waals surface area contributed by atoms with E-state index in [4.69, 9.17) is 14.2 Å². The van der Waals surface area contributed by atoms with Crippen LogP contribution in [0.2, 0.25) is 0 Å². The minimum atomic E-state index is -0.815. The Morgan fingerprint density at radius 2 is 1.93 bits per heavy atom. The van der Waals surface area contributed by atoms with Gasteiger partial charge >= 0.3 is 0 Å². The summed E-state index contributed by atoms with van der Waals surface area (Å²) in [6, 6.07) is 14.8. The maximum absolute atomic E-state index is 12.1. The molecule has 0 saturated carbocycles. The standard InChI is InChI=1S/C20H22N2O5/c1-14-6-4-7-15(12-14)25-11-5-10-19(23)21-22-20(24)18-13-26-16-8-2-3-9-17(16)27-18/h2-4,6-9,12,18H,5,10-11,13H2,1H3,(H,21,23)(H,22,24)/t18-/m0/s1. The number of benzene rings is 2. The highest BCUT2D eigenvalue weighted by atomic mass is 16.6. The third-order valence-corrected chi connectivity index (χ3v) is 3.93. The Morgan fingerprint density at radius 3 is 2.74 bits per heavy atom. The van der Waals surface area contributed by atoms with Crippen molar-refractivity contribution in [3.63, 3.8) is 0 Å². The number of rotatable bonds is 6. The van der Waals surface area contributed by atoms with Gasteiger partial charge in [-0.1, -0.05) is 24.3 Å². The van der Waals surface area contributed by atoms with Crippen molar-refractivity contribution in [2.24, 2.45) is 0 Å². The molecule has 7 nitrogen and oxygen atoms in total. The van der Waals surface area contributed by atoms with Gasteiger partial charge in [0.1, 0.15) is 12.4 Å². The van der Waals surface area contributed by atoms with Gasteiger partial charge in [0.05, 0.1) is 6.61 Å². The predicted octanol–water partition coefficient (Wildman–Crippen LogP) is 2.14.